The summed E-state index contributed by atoms with van der Waals surface area (Å²) in [5.74, 6) is 0. The van der Waals surface area contributed by atoms with E-state index in [4.69, 9.17) is 12.2 Å². The Morgan fingerprint density at radius 2 is 2.31 bits per heavy atom. The first-order chi connectivity index (χ1) is 7.67. The second kappa shape index (κ2) is 6.48. The zero-order valence-corrected chi connectivity index (χ0v) is 11.0. The Morgan fingerprint density at radius 3 is 2.94 bits per heavy atom. The fourth-order valence-corrected chi connectivity index (χ4v) is 1.62. The number of nitrogens with one attached hydrogen (secondary N) is 2. The second-order valence-electron chi connectivity index (χ2n) is 3.77. The number of aromatic nitrogens is 2. The lowest BCUT2D eigenvalue weighted by molar-refractivity contribution is 0.601. The van der Waals surface area contributed by atoms with Gasteiger partial charge in [0.25, 0.3) is 0 Å². The molecule has 0 radical (unpaired) electrons. The van der Waals surface area contributed by atoms with Crippen molar-refractivity contribution in [1.29, 1.82) is 0 Å². The van der Waals surface area contributed by atoms with Gasteiger partial charge in [-0.15, -0.1) is 0 Å². The van der Waals surface area contributed by atoms with E-state index in [0.29, 0.717) is 11.2 Å². The predicted molar refractivity (Wildman–Crippen MR) is 70.2 cm³/mol. The molecule has 0 aliphatic carbocycles. The van der Waals surface area contributed by atoms with Crippen molar-refractivity contribution in [3.8, 4) is 0 Å². The van der Waals surface area contributed by atoms with Crippen LogP contribution in [0.4, 0.5) is 0 Å². The molecule has 1 rings (SSSR count). The highest BCUT2D eigenvalue weighted by Crippen LogP contribution is 1.98. The Hall–Kier alpha value is -1.10. The lowest BCUT2D eigenvalue weighted by Gasteiger charge is -2.15. The summed E-state index contributed by atoms with van der Waals surface area (Å²) in [7, 11) is 0. The van der Waals surface area contributed by atoms with E-state index in [1.165, 1.54) is 0 Å². The van der Waals surface area contributed by atoms with Gasteiger partial charge in [-0.2, -0.15) is 5.10 Å². The quantitative estimate of drug-likeness (QED) is 0.768. The highest BCUT2D eigenvalue weighted by atomic mass is 32.1. The molecule has 1 heterocycles. The summed E-state index contributed by atoms with van der Waals surface area (Å²) in [4.78, 5) is 0. The standard InChI is InChI=1S/C11H20N4S/c1-4-9(3)14-11(16)12-8-10-6-7-13-15(10)5-2/h6-7,9H,4-5,8H2,1-3H3,(H2,12,14,16). The molecule has 0 saturated heterocycles. The maximum Gasteiger partial charge on any atom is 0.166 e. The van der Waals surface area contributed by atoms with Crippen molar-refractivity contribution in [3.05, 3.63) is 18.0 Å². The minimum atomic E-state index is 0.413. The molecule has 2 N–H and O–H groups in total. The number of thiocarbonyl (C=S) groups is 1. The SMILES string of the molecule is CCC(C)NC(=S)NCc1ccnn1CC. The van der Waals surface area contributed by atoms with Crippen molar-refractivity contribution in [3.63, 3.8) is 0 Å². The highest BCUT2D eigenvalue weighted by Gasteiger charge is 2.03. The molecule has 0 bridgehead atoms. The molecule has 1 aromatic heterocycles. The van der Waals surface area contributed by atoms with Crippen molar-refractivity contribution in [2.75, 3.05) is 0 Å². The van der Waals surface area contributed by atoms with Crippen LogP contribution in [-0.2, 0) is 13.1 Å². The lowest BCUT2D eigenvalue weighted by atomic mass is 10.3. The number of nitrogens with zero attached hydrogens (tertiary/aromatic N) is 2. The summed E-state index contributed by atoms with van der Waals surface area (Å²) in [6.07, 6.45) is 2.88. The Morgan fingerprint density at radius 1 is 1.56 bits per heavy atom. The summed E-state index contributed by atoms with van der Waals surface area (Å²) in [6, 6.07) is 2.42. The van der Waals surface area contributed by atoms with Gasteiger partial charge in [0.1, 0.15) is 0 Å². The normalized spacial score (nSPS) is 12.2. The largest absolute Gasteiger partial charge is 0.360 e. The maximum absolute atomic E-state index is 5.20. The van der Waals surface area contributed by atoms with Gasteiger partial charge < -0.3 is 10.6 Å². The van der Waals surface area contributed by atoms with Crippen LogP contribution in [0.15, 0.2) is 12.3 Å². The van der Waals surface area contributed by atoms with Crippen LogP contribution >= 0.6 is 12.2 Å². The molecular formula is C11H20N4S. The van der Waals surface area contributed by atoms with Crippen LogP contribution < -0.4 is 10.6 Å². The van der Waals surface area contributed by atoms with E-state index in [2.05, 4.69) is 36.5 Å². The lowest BCUT2D eigenvalue weighted by Crippen LogP contribution is -2.40. The Kier molecular flexibility index (Phi) is 5.25. The van der Waals surface area contributed by atoms with Crippen LogP contribution in [0.25, 0.3) is 0 Å². The molecular weight excluding hydrogens is 220 g/mol. The van der Waals surface area contributed by atoms with Crippen molar-refractivity contribution in [1.82, 2.24) is 20.4 Å². The molecule has 4 nitrogen and oxygen atoms in total. The minimum Gasteiger partial charge on any atom is -0.360 e. The van der Waals surface area contributed by atoms with Crippen LogP contribution in [0.3, 0.4) is 0 Å². The third-order valence-corrected chi connectivity index (χ3v) is 2.79. The molecule has 0 saturated carbocycles. The van der Waals surface area contributed by atoms with E-state index in [1.54, 1.807) is 0 Å². The summed E-state index contributed by atoms with van der Waals surface area (Å²) in [5, 5.41) is 11.3. The molecule has 1 atom stereocenters. The number of hydrogen-bond acceptors (Lipinski definition) is 2. The maximum atomic E-state index is 5.20. The summed E-state index contributed by atoms with van der Waals surface area (Å²) in [5.41, 5.74) is 1.15. The predicted octanol–water partition coefficient (Wildman–Crippen LogP) is 1.67. The van der Waals surface area contributed by atoms with Gasteiger partial charge in [0, 0.05) is 18.8 Å². The first-order valence-corrected chi connectivity index (χ1v) is 6.13. The topological polar surface area (TPSA) is 41.9 Å². The zero-order chi connectivity index (χ0) is 12.0. The third-order valence-electron chi connectivity index (χ3n) is 2.52. The van der Waals surface area contributed by atoms with Crippen molar-refractivity contribution < 1.29 is 0 Å². The molecule has 90 valence electrons. The van der Waals surface area contributed by atoms with Gasteiger partial charge in [-0.25, -0.2) is 0 Å². The van der Waals surface area contributed by atoms with Gasteiger partial charge in [0.15, 0.2) is 5.11 Å². The molecule has 1 unspecified atom stereocenters. The molecule has 1 aromatic rings. The van der Waals surface area contributed by atoms with Crippen LogP contribution in [0.5, 0.6) is 0 Å². The number of aryl methyl sites for hydroxylation is 1. The summed E-state index contributed by atoms with van der Waals surface area (Å²) >= 11 is 5.20. The van der Waals surface area contributed by atoms with Gasteiger partial charge in [-0.1, -0.05) is 6.92 Å². The average Bonchev–Trinajstić information content (AvgIpc) is 2.73. The van der Waals surface area contributed by atoms with Crippen LogP contribution in [0, 0.1) is 0 Å². The fraction of sp³-hybridized carbons (Fsp3) is 0.636. The zero-order valence-electron chi connectivity index (χ0n) is 10.2. The van der Waals surface area contributed by atoms with E-state index in [-0.39, 0.29) is 0 Å². The van der Waals surface area contributed by atoms with Crippen molar-refractivity contribution in [2.24, 2.45) is 0 Å². The van der Waals surface area contributed by atoms with Gasteiger partial charge in [0.05, 0.1) is 12.2 Å². The molecule has 0 aliphatic rings. The molecule has 0 fully saturated rings. The molecule has 0 amide bonds. The molecule has 0 aromatic carbocycles. The molecule has 16 heavy (non-hydrogen) atoms. The van der Waals surface area contributed by atoms with Crippen molar-refractivity contribution in [2.45, 2.75) is 46.3 Å². The first kappa shape index (κ1) is 13.0. The smallest absolute Gasteiger partial charge is 0.166 e. The van der Waals surface area contributed by atoms with Gasteiger partial charge >= 0.3 is 0 Å². The van der Waals surface area contributed by atoms with E-state index in [9.17, 15) is 0 Å². The Bertz CT molecular complexity index is 334. The minimum absolute atomic E-state index is 0.413. The van der Waals surface area contributed by atoms with Gasteiger partial charge in [-0.05, 0) is 38.6 Å². The average molecular weight is 240 g/mol. The second-order valence-corrected chi connectivity index (χ2v) is 4.18. The van der Waals surface area contributed by atoms with Crippen LogP contribution in [0.1, 0.15) is 32.9 Å². The molecule has 0 spiro atoms. The van der Waals surface area contributed by atoms with Gasteiger partial charge in [-0.3, -0.25) is 4.68 Å². The van der Waals surface area contributed by atoms with Crippen LogP contribution in [0.2, 0.25) is 0 Å². The Labute approximate surface area is 102 Å². The monoisotopic (exact) mass is 240 g/mol. The summed E-state index contributed by atoms with van der Waals surface area (Å²) in [6.45, 7) is 7.93. The van der Waals surface area contributed by atoms with E-state index in [1.807, 2.05) is 16.9 Å². The number of hydrogen-bond donors (Lipinski definition) is 2. The number of rotatable bonds is 5. The van der Waals surface area contributed by atoms with Gasteiger partial charge in [0.2, 0.25) is 0 Å². The first-order valence-electron chi connectivity index (χ1n) is 5.72. The Balaban J connectivity index is 2.37. The molecule has 0 aliphatic heterocycles. The van der Waals surface area contributed by atoms with E-state index < -0.39 is 0 Å². The highest BCUT2D eigenvalue weighted by molar-refractivity contribution is 7.80. The third kappa shape index (κ3) is 3.81. The molecule has 5 heteroatoms. The van der Waals surface area contributed by atoms with Crippen molar-refractivity contribution >= 4 is 17.3 Å². The van der Waals surface area contributed by atoms with E-state index in [0.717, 1.165) is 25.2 Å². The fourth-order valence-electron chi connectivity index (χ4n) is 1.34. The van der Waals surface area contributed by atoms with Crippen LogP contribution in [-0.4, -0.2) is 20.9 Å². The van der Waals surface area contributed by atoms with E-state index >= 15 is 0 Å². The summed E-state index contributed by atoms with van der Waals surface area (Å²) < 4.78 is 1.96.